The standard InChI is InChI=1S/C9H13N5O5S/c1-10-5-20(16,17)14-9(15)13-8-11-6(18-2)4-7(12-8)19-3/h4-5H,1-3H3,(H2,11,12,13,14,15). The summed E-state index contributed by atoms with van der Waals surface area (Å²) in [6.45, 7) is 0. The number of carbonyl (C=O) groups excluding carboxylic acids is 1. The van der Waals surface area contributed by atoms with Gasteiger partial charge in [-0.05, 0) is 0 Å². The number of carbonyl (C=O) groups is 1. The lowest BCUT2D eigenvalue weighted by atomic mass is 10.6. The molecule has 0 aliphatic rings. The number of ether oxygens (including phenoxy) is 2. The molecule has 11 heteroatoms. The van der Waals surface area contributed by atoms with Crippen LogP contribution < -0.4 is 19.5 Å². The van der Waals surface area contributed by atoms with Crippen LogP contribution in [0.25, 0.3) is 0 Å². The number of nitrogens with one attached hydrogen (secondary N) is 2. The summed E-state index contributed by atoms with van der Waals surface area (Å²) in [5.74, 6) is 0.109. The molecular weight excluding hydrogens is 290 g/mol. The molecule has 0 atom stereocenters. The number of hydrogen-bond donors (Lipinski definition) is 2. The fourth-order valence-corrected chi connectivity index (χ4v) is 1.73. The Morgan fingerprint density at radius 1 is 1.30 bits per heavy atom. The molecule has 0 aromatic carbocycles. The molecule has 0 radical (unpaired) electrons. The van der Waals surface area contributed by atoms with Gasteiger partial charge in [-0.2, -0.15) is 9.97 Å². The lowest BCUT2D eigenvalue weighted by Crippen LogP contribution is -2.35. The van der Waals surface area contributed by atoms with E-state index in [1.165, 1.54) is 27.3 Å². The molecule has 110 valence electrons. The first-order valence-corrected chi connectivity index (χ1v) is 6.68. The molecule has 1 aromatic heterocycles. The lowest BCUT2D eigenvalue weighted by Gasteiger charge is -2.07. The minimum absolute atomic E-state index is 0.144. The van der Waals surface area contributed by atoms with E-state index in [2.05, 4.69) is 20.3 Å². The van der Waals surface area contributed by atoms with Crippen molar-refractivity contribution in [3.05, 3.63) is 6.07 Å². The highest BCUT2D eigenvalue weighted by atomic mass is 32.2. The van der Waals surface area contributed by atoms with Gasteiger partial charge in [-0.3, -0.25) is 10.3 Å². The van der Waals surface area contributed by atoms with Crippen LogP contribution in [0.1, 0.15) is 0 Å². The number of urea groups is 1. The molecule has 1 rings (SSSR count). The van der Waals surface area contributed by atoms with Crippen molar-refractivity contribution in [3.63, 3.8) is 0 Å². The second-order valence-electron chi connectivity index (χ2n) is 3.24. The molecule has 10 nitrogen and oxygen atoms in total. The van der Waals surface area contributed by atoms with Gasteiger partial charge in [-0.15, -0.1) is 0 Å². The summed E-state index contributed by atoms with van der Waals surface area (Å²) in [7, 11) is 0.0407. The largest absolute Gasteiger partial charge is 0.481 e. The zero-order valence-electron chi connectivity index (χ0n) is 10.9. The first kappa shape index (κ1) is 15.6. The zero-order valence-corrected chi connectivity index (χ0v) is 11.8. The molecule has 1 heterocycles. The molecule has 0 unspecified atom stereocenters. The van der Waals surface area contributed by atoms with Gasteiger partial charge in [0.25, 0.3) is 10.0 Å². The minimum Gasteiger partial charge on any atom is -0.481 e. The summed E-state index contributed by atoms with van der Waals surface area (Å²) < 4.78 is 34.0. The average molecular weight is 303 g/mol. The quantitative estimate of drug-likeness (QED) is 0.559. The second kappa shape index (κ2) is 6.65. The van der Waals surface area contributed by atoms with Gasteiger partial charge in [0.05, 0.1) is 20.3 Å². The highest BCUT2D eigenvalue weighted by Crippen LogP contribution is 2.17. The van der Waals surface area contributed by atoms with Crippen LogP contribution in [0.15, 0.2) is 11.1 Å². The molecule has 0 saturated heterocycles. The SMILES string of the molecule is CN=CS(=O)(=O)NC(=O)Nc1nc(OC)cc(OC)n1. The van der Waals surface area contributed by atoms with Crippen molar-refractivity contribution in [1.82, 2.24) is 14.7 Å². The maximum absolute atomic E-state index is 11.5. The van der Waals surface area contributed by atoms with Crippen LogP contribution in [0.4, 0.5) is 10.7 Å². The molecule has 0 aliphatic carbocycles. The van der Waals surface area contributed by atoms with Crippen LogP contribution in [-0.4, -0.2) is 51.2 Å². The van der Waals surface area contributed by atoms with Crippen molar-refractivity contribution in [2.75, 3.05) is 26.6 Å². The van der Waals surface area contributed by atoms with Gasteiger partial charge in [0, 0.05) is 7.05 Å². The third-order valence-electron chi connectivity index (χ3n) is 1.80. The third kappa shape index (κ3) is 4.68. The van der Waals surface area contributed by atoms with Crippen molar-refractivity contribution in [3.8, 4) is 11.8 Å². The Hall–Kier alpha value is -2.43. The fraction of sp³-hybridized carbons (Fsp3) is 0.333. The number of amides is 2. The predicted molar refractivity (Wildman–Crippen MR) is 70.6 cm³/mol. The van der Waals surface area contributed by atoms with Gasteiger partial charge in [0.1, 0.15) is 5.55 Å². The van der Waals surface area contributed by atoms with Crippen LogP contribution in [0, 0.1) is 0 Å². The van der Waals surface area contributed by atoms with Crippen molar-refractivity contribution in [2.24, 2.45) is 4.99 Å². The van der Waals surface area contributed by atoms with Crippen molar-refractivity contribution < 1.29 is 22.7 Å². The van der Waals surface area contributed by atoms with E-state index in [0.717, 1.165) is 0 Å². The average Bonchev–Trinajstić information content (AvgIpc) is 2.37. The summed E-state index contributed by atoms with van der Waals surface area (Å²) in [6, 6.07) is 0.351. The second-order valence-corrected chi connectivity index (χ2v) is 4.75. The molecule has 1 aromatic rings. The Bertz CT molecular complexity index is 593. The summed E-state index contributed by atoms with van der Waals surface area (Å²) in [4.78, 5) is 22.4. The van der Waals surface area contributed by atoms with E-state index in [1.807, 2.05) is 0 Å². The molecule has 0 spiro atoms. The summed E-state index contributed by atoms with van der Waals surface area (Å²) >= 11 is 0. The van der Waals surface area contributed by atoms with Gasteiger partial charge in [0.15, 0.2) is 0 Å². The van der Waals surface area contributed by atoms with Crippen LogP contribution in [0.3, 0.4) is 0 Å². The van der Waals surface area contributed by atoms with Crippen molar-refractivity contribution >= 4 is 27.5 Å². The minimum atomic E-state index is -3.95. The van der Waals surface area contributed by atoms with E-state index >= 15 is 0 Å². The fourth-order valence-electron chi connectivity index (χ4n) is 1.09. The maximum Gasteiger partial charge on any atom is 0.335 e. The highest BCUT2D eigenvalue weighted by Gasteiger charge is 2.14. The summed E-state index contributed by atoms with van der Waals surface area (Å²) in [6.07, 6.45) is 0. The van der Waals surface area contributed by atoms with E-state index in [1.54, 1.807) is 4.72 Å². The van der Waals surface area contributed by atoms with Gasteiger partial charge in [-0.1, -0.05) is 0 Å². The Morgan fingerprint density at radius 3 is 2.30 bits per heavy atom. The number of methoxy groups -OCH3 is 2. The summed E-state index contributed by atoms with van der Waals surface area (Å²) in [5, 5.41) is 2.13. The van der Waals surface area contributed by atoms with Crippen LogP contribution in [-0.2, 0) is 10.0 Å². The molecule has 0 saturated carbocycles. The van der Waals surface area contributed by atoms with E-state index in [0.29, 0.717) is 5.55 Å². The normalized spacial score (nSPS) is 11.2. The number of rotatable bonds is 5. The Kier molecular flexibility index (Phi) is 5.20. The van der Waals surface area contributed by atoms with E-state index in [-0.39, 0.29) is 17.7 Å². The molecule has 2 N–H and O–H groups in total. The maximum atomic E-state index is 11.5. The Morgan fingerprint density at radius 2 is 1.85 bits per heavy atom. The van der Waals surface area contributed by atoms with E-state index in [9.17, 15) is 13.2 Å². The Labute approximate surface area is 115 Å². The smallest absolute Gasteiger partial charge is 0.335 e. The highest BCUT2D eigenvalue weighted by molar-refractivity contribution is 8.03. The van der Waals surface area contributed by atoms with Crippen LogP contribution >= 0.6 is 0 Å². The van der Waals surface area contributed by atoms with Crippen LogP contribution in [0.2, 0.25) is 0 Å². The Balaban J connectivity index is 2.85. The molecule has 0 fully saturated rings. The third-order valence-corrected chi connectivity index (χ3v) is 2.76. The molecule has 0 aliphatic heterocycles. The van der Waals surface area contributed by atoms with Crippen LogP contribution in [0.5, 0.6) is 11.8 Å². The monoisotopic (exact) mass is 303 g/mol. The van der Waals surface area contributed by atoms with Gasteiger partial charge < -0.3 is 9.47 Å². The lowest BCUT2D eigenvalue weighted by molar-refractivity contribution is 0.256. The predicted octanol–water partition coefficient (Wildman–Crippen LogP) is -0.397. The van der Waals surface area contributed by atoms with E-state index < -0.39 is 16.1 Å². The number of aromatic nitrogens is 2. The molecule has 20 heavy (non-hydrogen) atoms. The number of aliphatic imine (C=N–C) groups is 1. The van der Waals surface area contributed by atoms with E-state index in [4.69, 9.17) is 9.47 Å². The number of anilines is 1. The first-order valence-electron chi connectivity index (χ1n) is 5.13. The molecule has 2 amide bonds. The van der Waals surface area contributed by atoms with Gasteiger partial charge >= 0.3 is 6.03 Å². The van der Waals surface area contributed by atoms with Gasteiger partial charge in [-0.25, -0.2) is 17.9 Å². The summed E-state index contributed by atoms with van der Waals surface area (Å²) in [5.41, 5.74) is 0.597. The number of nitrogens with zero attached hydrogens (tertiary/aromatic N) is 3. The molecule has 0 bridgehead atoms. The van der Waals surface area contributed by atoms with Crippen molar-refractivity contribution in [1.29, 1.82) is 0 Å². The van der Waals surface area contributed by atoms with Gasteiger partial charge in [0.2, 0.25) is 17.7 Å². The zero-order chi connectivity index (χ0) is 15.2. The molecular formula is C9H13N5O5S. The topological polar surface area (TPSA) is 132 Å². The number of sulfonamides is 1. The van der Waals surface area contributed by atoms with Crippen molar-refractivity contribution in [2.45, 2.75) is 0 Å². The number of hydrogen-bond acceptors (Lipinski definition) is 8. The first-order chi connectivity index (χ1) is 9.40.